The van der Waals surface area contributed by atoms with Crippen LogP contribution in [0.25, 0.3) is 33.4 Å². The van der Waals surface area contributed by atoms with Gasteiger partial charge in [0.1, 0.15) is 0 Å². The average molecular weight is 464 g/mol. The van der Waals surface area contributed by atoms with Gasteiger partial charge in [-0.1, -0.05) is 118 Å². The third-order valence-corrected chi connectivity index (χ3v) is 5.77. The van der Waals surface area contributed by atoms with Gasteiger partial charge in [-0.25, -0.2) is 0 Å². The molecule has 0 aromatic heterocycles. The van der Waals surface area contributed by atoms with Gasteiger partial charge in [0.2, 0.25) is 0 Å². The predicted octanol–water partition coefficient (Wildman–Crippen LogP) is 9.73. The van der Waals surface area contributed by atoms with Crippen LogP contribution in [-0.4, -0.2) is 0 Å². The largest absolute Gasteiger partial charge is 0.355 e. The van der Waals surface area contributed by atoms with Gasteiger partial charge in [-0.15, -0.1) is 0 Å². The summed E-state index contributed by atoms with van der Waals surface area (Å²) in [6, 6.07) is 16.1. The molecule has 5 rings (SSSR count). The van der Waals surface area contributed by atoms with Gasteiger partial charge in [0.15, 0.2) is 0 Å². The number of hydrogen-bond acceptors (Lipinski definition) is 1. The Kier molecular flexibility index (Phi) is 3.77. The monoisotopic (exact) mass is 463 g/mol. The molecule has 0 spiro atoms. The molecule has 0 unspecified atom stereocenters. The van der Waals surface area contributed by atoms with E-state index in [1.165, 1.54) is 11.6 Å². The van der Waals surface area contributed by atoms with Crippen LogP contribution in [0.4, 0.5) is 11.4 Å². The molecule has 0 atom stereocenters. The number of hydrogen-bond donors (Lipinski definition) is 1. The molecule has 0 saturated heterocycles. The third-order valence-electron chi connectivity index (χ3n) is 5.77. The molecule has 35 heavy (non-hydrogen) atoms. The second-order valence-electron chi connectivity index (χ2n) is 9.33. The van der Waals surface area contributed by atoms with Crippen LogP contribution < -0.4 is 5.32 Å². The van der Waals surface area contributed by atoms with Crippen molar-refractivity contribution in [3.63, 3.8) is 0 Å². The molecule has 1 nitrogen and oxygen atoms in total. The van der Waals surface area contributed by atoms with Crippen molar-refractivity contribution in [2.24, 2.45) is 0 Å². The van der Waals surface area contributed by atoms with Crippen molar-refractivity contribution >= 4 is 11.4 Å². The number of rotatable bonds is 5. The fourth-order valence-electron chi connectivity index (χ4n) is 3.85. The zero-order valence-corrected chi connectivity index (χ0v) is 19.9. The summed E-state index contributed by atoms with van der Waals surface area (Å²) >= 11 is 0. The quantitative estimate of drug-likeness (QED) is 0.273. The van der Waals surface area contributed by atoms with Crippen LogP contribution in [0, 0.1) is 0 Å². The van der Waals surface area contributed by atoms with E-state index in [0.29, 0.717) is 11.4 Å². The van der Waals surface area contributed by atoms with Gasteiger partial charge in [0, 0.05) is 11.4 Å². The maximum Gasteiger partial charge on any atom is 0.0629 e. The van der Waals surface area contributed by atoms with Gasteiger partial charge < -0.3 is 5.32 Å². The van der Waals surface area contributed by atoms with Crippen molar-refractivity contribution in [2.75, 3.05) is 5.32 Å². The van der Waals surface area contributed by atoms with Crippen molar-refractivity contribution in [3.05, 3.63) is 133 Å². The van der Waals surface area contributed by atoms with E-state index in [0.717, 1.165) is 11.1 Å². The van der Waals surface area contributed by atoms with E-state index in [1.54, 1.807) is 12.1 Å². The average Bonchev–Trinajstić information content (AvgIpc) is 3.01. The fraction of sp³-hybridized carbons (Fsp3) is 0.118. The van der Waals surface area contributed by atoms with E-state index >= 15 is 0 Å². The Morgan fingerprint density at radius 2 is 0.943 bits per heavy atom. The zero-order valence-electron chi connectivity index (χ0n) is 29.9. The molecule has 1 heteroatoms. The highest BCUT2D eigenvalue weighted by Crippen LogP contribution is 2.32. The molecule has 5 aromatic rings. The van der Waals surface area contributed by atoms with E-state index in [4.69, 9.17) is 13.7 Å². The highest BCUT2D eigenvalue weighted by molar-refractivity contribution is 5.80. The van der Waals surface area contributed by atoms with E-state index in [9.17, 15) is 0 Å². The molecule has 0 aliphatic heterocycles. The normalized spacial score (nSPS) is 15.3. The Hall–Kier alpha value is -4.10. The highest BCUT2D eigenvalue weighted by atomic mass is 14.9. The van der Waals surface area contributed by atoms with E-state index in [2.05, 4.69) is 50.4 Å². The Bertz CT molecular complexity index is 1800. The lowest BCUT2D eigenvalue weighted by Crippen LogP contribution is -2.10. The van der Waals surface area contributed by atoms with E-state index < -0.39 is 60.4 Å². The molecule has 0 amide bonds. The number of anilines is 2. The lowest BCUT2D eigenvalue weighted by Gasteiger charge is -2.19. The van der Waals surface area contributed by atoms with Crippen LogP contribution in [0.2, 0.25) is 0 Å². The Morgan fingerprint density at radius 1 is 0.486 bits per heavy atom. The first kappa shape index (κ1) is 13.7. The molecule has 5 aromatic carbocycles. The summed E-state index contributed by atoms with van der Waals surface area (Å²) in [5, 5.41) is 3.28. The molecule has 0 bridgehead atoms. The number of nitrogens with one attached hydrogen (secondary N) is 1. The highest BCUT2D eigenvalue weighted by Gasteiger charge is 2.13. The summed E-state index contributed by atoms with van der Waals surface area (Å²) in [4.78, 5) is 0. The smallest absolute Gasteiger partial charge is 0.0629 e. The molecule has 0 fully saturated rings. The summed E-state index contributed by atoms with van der Waals surface area (Å²) in [7, 11) is 0. The minimum absolute atomic E-state index is 0.0457. The number of benzene rings is 5. The second kappa shape index (κ2) is 9.64. The second-order valence-corrected chi connectivity index (χ2v) is 9.33. The van der Waals surface area contributed by atoms with Gasteiger partial charge in [-0.2, -0.15) is 0 Å². The minimum atomic E-state index is -0.526. The zero-order chi connectivity index (χ0) is 33.0. The summed E-state index contributed by atoms with van der Waals surface area (Å²) in [5.74, 6) is 0. The van der Waals surface area contributed by atoms with Gasteiger partial charge in [-0.3, -0.25) is 0 Å². The first-order valence-corrected chi connectivity index (χ1v) is 11.4. The predicted molar refractivity (Wildman–Crippen MR) is 151 cm³/mol. The van der Waals surface area contributed by atoms with Crippen LogP contribution in [0.1, 0.15) is 40.0 Å². The molecule has 0 saturated carbocycles. The van der Waals surface area contributed by atoms with Crippen LogP contribution >= 0.6 is 0 Å². The van der Waals surface area contributed by atoms with Gasteiger partial charge >= 0.3 is 0 Å². The first-order chi connectivity index (χ1) is 21.1. The van der Waals surface area contributed by atoms with Gasteiger partial charge in [0.25, 0.3) is 0 Å². The molecular weight excluding hydrogens is 422 g/mol. The summed E-state index contributed by atoms with van der Waals surface area (Å²) < 4.78 is 82.7. The lowest BCUT2D eigenvalue weighted by molar-refractivity contribution is 0.590. The van der Waals surface area contributed by atoms with Gasteiger partial charge in [-0.05, 0) is 74.7 Å². The van der Waals surface area contributed by atoms with Gasteiger partial charge in [0.05, 0.1) is 13.7 Å². The van der Waals surface area contributed by atoms with E-state index in [-0.39, 0.29) is 27.7 Å². The Morgan fingerprint density at radius 3 is 1.40 bits per heavy atom. The standard InChI is InChI=1S/C34H31N/c1-34(2,3)31-18-14-27(15-19-31)28-16-20-32(21-17-28)35-33-23-29(25-10-6-4-7-11-25)22-30(24-33)26-12-8-5-9-13-26/h4-24,35H,1-3H3/i4D,5D,6D,7D,8D,9D,10D,11D,12D,13D. The minimum Gasteiger partial charge on any atom is -0.355 e. The van der Waals surface area contributed by atoms with E-state index in [1.807, 2.05) is 24.3 Å². The maximum absolute atomic E-state index is 8.52. The molecule has 0 heterocycles. The van der Waals surface area contributed by atoms with Crippen molar-refractivity contribution < 1.29 is 13.7 Å². The maximum atomic E-state index is 8.52. The van der Waals surface area contributed by atoms with Crippen LogP contribution in [0.15, 0.2) is 127 Å². The SMILES string of the molecule is [2H]c1c([2H])c([2H])c(-c2cc(Nc3ccc(-c4ccc(C(C)(C)C)cc4)cc3)cc(-c3c([2H])c([2H])c([2H])c([2H])c3[2H])c2)c([2H])c1[2H]. The Balaban J connectivity index is 1.63. The molecule has 0 aliphatic rings. The summed E-state index contributed by atoms with van der Waals surface area (Å²) in [6.45, 7) is 6.50. The molecule has 172 valence electrons. The van der Waals surface area contributed by atoms with Crippen molar-refractivity contribution in [1.82, 2.24) is 0 Å². The van der Waals surface area contributed by atoms with Crippen molar-refractivity contribution in [2.45, 2.75) is 26.2 Å². The topological polar surface area (TPSA) is 12.0 Å². The molecular formula is C34H31N. The Labute approximate surface area is 223 Å². The summed E-state index contributed by atoms with van der Waals surface area (Å²) in [5.41, 5.74) is 4.81. The lowest BCUT2D eigenvalue weighted by atomic mass is 9.86. The van der Waals surface area contributed by atoms with Crippen LogP contribution in [-0.2, 0) is 5.41 Å². The molecule has 0 aliphatic carbocycles. The molecule has 1 N–H and O–H groups in total. The molecule has 0 radical (unpaired) electrons. The third kappa shape index (κ3) is 5.36. The van der Waals surface area contributed by atoms with Crippen LogP contribution in [0.5, 0.6) is 0 Å². The summed E-state index contributed by atoms with van der Waals surface area (Å²) in [6.07, 6.45) is 0. The van der Waals surface area contributed by atoms with Crippen LogP contribution in [0.3, 0.4) is 0 Å². The fourth-order valence-corrected chi connectivity index (χ4v) is 3.85. The van der Waals surface area contributed by atoms with Crippen molar-refractivity contribution in [1.29, 1.82) is 0 Å². The van der Waals surface area contributed by atoms with Crippen molar-refractivity contribution in [3.8, 4) is 33.4 Å². The first-order valence-electron chi connectivity index (χ1n) is 16.4.